The molecule has 0 aliphatic heterocycles. The predicted octanol–water partition coefficient (Wildman–Crippen LogP) is 4.20. The molecule has 0 unspecified atom stereocenters. The molecule has 2 heteroatoms. The maximum atomic E-state index is 4.80. The van der Waals surface area contributed by atoms with Crippen molar-refractivity contribution in [1.29, 1.82) is 0 Å². The van der Waals surface area contributed by atoms with Gasteiger partial charge in [0.05, 0.1) is 11.0 Å². The molecule has 1 aromatic heterocycles. The molecule has 3 aromatic rings. The third-order valence-electron chi connectivity index (χ3n) is 3.80. The van der Waals surface area contributed by atoms with Crippen LogP contribution in [0.3, 0.4) is 0 Å². The average Bonchev–Trinajstić information content (AvgIpc) is 2.86. The Kier molecular flexibility index (Phi) is 2.67. The van der Waals surface area contributed by atoms with Gasteiger partial charge in [-0.05, 0) is 38.0 Å². The summed E-state index contributed by atoms with van der Waals surface area (Å²) in [5.74, 6) is 1.02. The fourth-order valence-electron chi connectivity index (χ4n) is 2.46. The number of aryl methyl sites for hydroxylation is 1. The number of hydrogen-bond donors (Lipinski definition) is 1. The lowest BCUT2D eigenvalue weighted by molar-refractivity contribution is 0.601. The Labute approximate surface area is 113 Å². The molecule has 0 atom stereocenters. The predicted molar refractivity (Wildman–Crippen MR) is 79.4 cm³/mol. The number of para-hydroxylation sites is 1. The van der Waals surface area contributed by atoms with Crippen molar-refractivity contribution < 1.29 is 0 Å². The number of aromatic amines is 1. The first kappa shape index (κ1) is 12.0. The molecule has 0 aliphatic rings. The smallest absolute Gasteiger partial charge is 0.117 e. The van der Waals surface area contributed by atoms with Crippen LogP contribution in [-0.4, -0.2) is 9.97 Å². The molecular formula is C17H18N2. The molecule has 19 heavy (non-hydrogen) atoms. The quantitative estimate of drug-likeness (QED) is 0.725. The van der Waals surface area contributed by atoms with Gasteiger partial charge in [0.25, 0.3) is 0 Å². The van der Waals surface area contributed by atoms with Gasteiger partial charge in [0.2, 0.25) is 0 Å². The third-order valence-corrected chi connectivity index (χ3v) is 3.80. The van der Waals surface area contributed by atoms with Gasteiger partial charge in [0.15, 0.2) is 0 Å². The highest BCUT2D eigenvalue weighted by Crippen LogP contribution is 2.31. The van der Waals surface area contributed by atoms with Crippen molar-refractivity contribution >= 4 is 11.0 Å². The molecule has 96 valence electrons. The van der Waals surface area contributed by atoms with Crippen molar-refractivity contribution in [2.24, 2.45) is 0 Å². The molecular weight excluding hydrogens is 232 g/mol. The molecule has 0 amide bonds. The minimum Gasteiger partial charge on any atom is -0.341 e. The summed E-state index contributed by atoms with van der Waals surface area (Å²) in [7, 11) is 0. The molecule has 1 N–H and O–H groups in total. The fraction of sp³-hybridized carbons (Fsp3) is 0.235. The van der Waals surface area contributed by atoms with Crippen LogP contribution in [0.25, 0.3) is 11.0 Å². The molecule has 0 spiro atoms. The second kappa shape index (κ2) is 4.23. The SMILES string of the molecule is Cc1cccc2[nH]c(C(C)(C)c3ccccc3)nc12. The third kappa shape index (κ3) is 1.93. The van der Waals surface area contributed by atoms with E-state index < -0.39 is 0 Å². The number of rotatable bonds is 2. The number of hydrogen-bond acceptors (Lipinski definition) is 1. The number of fused-ring (bicyclic) bond motifs is 1. The van der Waals surface area contributed by atoms with E-state index in [9.17, 15) is 0 Å². The van der Waals surface area contributed by atoms with Crippen LogP contribution >= 0.6 is 0 Å². The van der Waals surface area contributed by atoms with Crippen molar-refractivity contribution in [1.82, 2.24) is 9.97 Å². The number of benzene rings is 2. The zero-order chi connectivity index (χ0) is 13.5. The zero-order valence-electron chi connectivity index (χ0n) is 11.6. The summed E-state index contributed by atoms with van der Waals surface area (Å²) < 4.78 is 0. The number of aromatic nitrogens is 2. The summed E-state index contributed by atoms with van der Waals surface area (Å²) in [5, 5.41) is 0. The molecule has 0 bridgehead atoms. The van der Waals surface area contributed by atoms with Crippen molar-refractivity contribution in [2.75, 3.05) is 0 Å². The first-order chi connectivity index (χ1) is 9.09. The van der Waals surface area contributed by atoms with Crippen molar-refractivity contribution in [3.8, 4) is 0 Å². The molecule has 0 radical (unpaired) electrons. The topological polar surface area (TPSA) is 28.7 Å². The van der Waals surface area contributed by atoms with E-state index in [-0.39, 0.29) is 5.41 Å². The summed E-state index contributed by atoms with van der Waals surface area (Å²) >= 11 is 0. The summed E-state index contributed by atoms with van der Waals surface area (Å²) in [4.78, 5) is 8.27. The monoisotopic (exact) mass is 250 g/mol. The standard InChI is InChI=1S/C17H18N2/c1-12-8-7-11-14-15(12)19-16(18-14)17(2,3)13-9-5-4-6-10-13/h4-11H,1-3H3,(H,18,19). The highest BCUT2D eigenvalue weighted by atomic mass is 14.9. The summed E-state index contributed by atoms with van der Waals surface area (Å²) in [6.45, 7) is 6.51. The Morgan fingerprint density at radius 3 is 2.37 bits per heavy atom. The van der Waals surface area contributed by atoms with Gasteiger partial charge < -0.3 is 4.98 Å². The van der Waals surface area contributed by atoms with E-state index in [1.165, 1.54) is 11.1 Å². The van der Waals surface area contributed by atoms with Crippen LogP contribution in [0.1, 0.15) is 30.8 Å². The number of nitrogens with zero attached hydrogens (tertiary/aromatic N) is 1. The van der Waals surface area contributed by atoms with Crippen molar-refractivity contribution in [2.45, 2.75) is 26.2 Å². The van der Waals surface area contributed by atoms with Gasteiger partial charge in [-0.2, -0.15) is 0 Å². The molecule has 0 aliphatic carbocycles. The fourth-order valence-corrected chi connectivity index (χ4v) is 2.46. The maximum absolute atomic E-state index is 4.80. The van der Waals surface area contributed by atoms with Crippen LogP contribution in [-0.2, 0) is 5.41 Å². The van der Waals surface area contributed by atoms with Gasteiger partial charge in [0, 0.05) is 5.41 Å². The van der Waals surface area contributed by atoms with E-state index in [2.05, 4.69) is 68.2 Å². The first-order valence-corrected chi connectivity index (χ1v) is 6.60. The minimum atomic E-state index is -0.118. The minimum absolute atomic E-state index is 0.118. The second-order valence-corrected chi connectivity index (χ2v) is 5.55. The molecule has 2 aromatic carbocycles. The average molecular weight is 250 g/mol. The van der Waals surface area contributed by atoms with Crippen LogP contribution < -0.4 is 0 Å². The van der Waals surface area contributed by atoms with Crippen LogP contribution in [0.2, 0.25) is 0 Å². The van der Waals surface area contributed by atoms with Gasteiger partial charge >= 0.3 is 0 Å². The summed E-state index contributed by atoms with van der Waals surface area (Å²) in [6, 6.07) is 16.7. The lowest BCUT2D eigenvalue weighted by Crippen LogP contribution is -2.20. The lowest BCUT2D eigenvalue weighted by atomic mass is 9.84. The molecule has 2 nitrogen and oxygen atoms in total. The molecule has 0 fully saturated rings. The van der Waals surface area contributed by atoms with Gasteiger partial charge in [-0.3, -0.25) is 0 Å². The van der Waals surface area contributed by atoms with Gasteiger partial charge in [-0.25, -0.2) is 4.98 Å². The van der Waals surface area contributed by atoms with Crippen molar-refractivity contribution in [3.05, 3.63) is 65.5 Å². The van der Waals surface area contributed by atoms with Crippen LogP contribution in [0, 0.1) is 6.92 Å². The van der Waals surface area contributed by atoms with E-state index in [1.54, 1.807) is 0 Å². The normalized spacial score (nSPS) is 11.9. The van der Waals surface area contributed by atoms with E-state index in [0.29, 0.717) is 0 Å². The highest BCUT2D eigenvalue weighted by Gasteiger charge is 2.26. The zero-order valence-corrected chi connectivity index (χ0v) is 11.6. The molecule has 3 rings (SSSR count). The van der Waals surface area contributed by atoms with Crippen LogP contribution in [0.4, 0.5) is 0 Å². The summed E-state index contributed by atoms with van der Waals surface area (Å²) in [5.41, 5.74) is 4.54. The number of nitrogens with one attached hydrogen (secondary N) is 1. The molecule has 0 saturated heterocycles. The Bertz CT molecular complexity index is 708. The number of H-pyrrole nitrogens is 1. The Morgan fingerprint density at radius 1 is 0.947 bits per heavy atom. The van der Waals surface area contributed by atoms with Gasteiger partial charge in [-0.1, -0.05) is 42.5 Å². The molecule has 0 saturated carbocycles. The van der Waals surface area contributed by atoms with E-state index >= 15 is 0 Å². The Hall–Kier alpha value is -2.09. The maximum Gasteiger partial charge on any atom is 0.117 e. The van der Waals surface area contributed by atoms with E-state index in [0.717, 1.165) is 16.9 Å². The first-order valence-electron chi connectivity index (χ1n) is 6.60. The van der Waals surface area contributed by atoms with Gasteiger partial charge in [0.1, 0.15) is 5.82 Å². The van der Waals surface area contributed by atoms with E-state index in [1.807, 2.05) is 6.07 Å². The van der Waals surface area contributed by atoms with Gasteiger partial charge in [-0.15, -0.1) is 0 Å². The summed E-state index contributed by atoms with van der Waals surface area (Å²) in [6.07, 6.45) is 0. The second-order valence-electron chi connectivity index (χ2n) is 5.55. The van der Waals surface area contributed by atoms with Crippen LogP contribution in [0.15, 0.2) is 48.5 Å². The largest absolute Gasteiger partial charge is 0.341 e. The molecule has 1 heterocycles. The van der Waals surface area contributed by atoms with E-state index in [4.69, 9.17) is 4.98 Å². The van der Waals surface area contributed by atoms with Crippen molar-refractivity contribution in [3.63, 3.8) is 0 Å². The Morgan fingerprint density at radius 2 is 1.68 bits per heavy atom. The lowest BCUT2D eigenvalue weighted by Gasteiger charge is -2.22. The highest BCUT2D eigenvalue weighted by molar-refractivity contribution is 5.78. The Balaban J connectivity index is 2.16. The van der Waals surface area contributed by atoms with Crippen LogP contribution in [0.5, 0.6) is 0 Å². The number of imidazole rings is 1.